The second kappa shape index (κ2) is 9.47. The monoisotopic (exact) mass is 511 g/mol. The molecule has 2 aromatic heterocycles. The van der Waals surface area contributed by atoms with Gasteiger partial charge >= 0.3 is 0 Å². The largest absolute Gasteiger partial charge is 0.389 e. The predicted molar refractivity (Wildman–Crippen MR) is 149 cm³/mol. The van der Waals surface area contributed by atoms with Gasteiger partial charge < -0.3 is 14.2 Å². The molecule has 0 fully saturated rings. The second-order valence-electron chi connectivity index (χ2n) is 8.91. The molecule has 1 atom stereocenters. The number of rotatable bonds is 6. The zero-order chi connectivity index (χ0) is 24.6. The average molecular weight is 512 g/mol. The van der Waals surface area contributed by atoms with Crippen LogP contribution in [0.3, 0.4) is 0 Å². The quantitative estimate of drug-likeness (QED) is 0.249. The normalized spacial score (nSPS) is 12.4. The van der Waals surface area contributed by atoms with Gasteiger partial charge in [-0.05, 0) is 36.4 Å². The van der Waals surface area contributed by atoms with Crippen LogP contribution in [0.5, 0.6) is 0 Å². The van der Waals surface area contributed by atoms with E-state index in [9.17, 15) is 5.11 Å². The van der Waals surface area contributed by atoms with Crippen molar-refractivity contribution in [2.24, 2.45) is 0 Å². The number of hydrogen-bond acceptors (Lipinski definition) is 2. The van der Waals surface area contributed by atoms with E-state index in [-0.39, 0.29) is 0 Å². The van der Waals surface area contributed by atoms with Crippen LogP contribution >= 0.6 is 23.2 Å². The molecule has 2 heterocycles. The van der Waals surface area contributed by atoms with Gasteiger partial charge in [-0.15, -0.1) is 0 Å². The Morgan fingerprint density at radius 2 is 1.25 bits per heavy atom. The molecule has 0 aliphatic rings. The third-order valence-corrected chi connectivity index (χ3v) is 6.99. The maximum Gasteiger partial charge on any atom is 0.0963 e. The van der Waals surface area contributed by atoms with Crippen LogP contribution in [-0.4, -0.2) is 25.3 Å². The van der Waals surface area contributed by atoms with Gasteiger partial charge in [0.25, 0.3) is 0 Å². The first-order valence-corrected chi connectivity index (χ1v) is 12.5. The maximum absolute atomic E-state index is 11.3. The Bertz CT molecular complexity index is 1610. The third kappa shape index (κ3) is 4.18. The predicted octanol–water partition coefficient (Wildman–Crippen LogP) is 7.69. The minimum absolute atomic E-state index is 0.395. The minimum Gasteiger partial charge on any atom is -0.389 e. The van der Waals surface area contributed by atoms with E-state index in [4.69, 9.17) is 28.2 Å². The van der Waals surface area contributed by atoms with E-state index in [1.807, 2.05) is 83.7 Å². The van der Waals surface area contributed by atoms with Crippen LogP contribution in [0.2, 0.25) is 10.0 Å². The van der Waals surface area contributed by atoms with Crippen LogP contribution in [0.25, 0.3) is 44.3 Å². The van der Waals surface area contributed by atoms with Gasteiger partial charge in [0.1, 0.15) is 0 Å². The molecule has 6 aromatic rings. The van der Waals surface area contributed by atoms with Crippen LogP contribution in [-0.2, 0) is 13.1 Å². The highest BCUT2D eigenvalue weighted by Gasteiger charge is 2.19. The van der Waals surface area contributed by atoms with Crippen molar-refractivity contribution in [3.05, 3.63) is 113 Å². The van der Waals surface area contributed by atoms with Crippen molar-refractivity contribution >= 4 is 45.0 Å². The first-order chi connectivity index (χ1) is 17.6. The number of aliphatic hydroxyl groups excluding tert-OH is 1. The van der Waals surface area contributed by atoms with Crippen LogP contribution in [0, 0.1) is 0 Å². The highest BCUT2D eigenvalue weighted by Crippen LogP contribution is 2.34. The summed E-state index contributed by atoms with van der Waals surface area (Å²) in [6, 6.07) is 32.0. The van der Waals surface area contributed by atoms with E-state index in [0.717, 1.165) is 44.3 Å². The Kier molecular flexibility index (Phi) is 6.02. The number of nitrogens with zero attached hydrogens (tertiary/aromatic N) is 3. The smallest absolute Gasteiger partial charge is 0.0963 e. The van der Waals surface area contributed by atoms with Crippen LogP contribution in [0.1, 0.15) is 0 Å². The van der Waals surface area contributed by atoms with Crippen molar-refractivity contribution < 1.29 is 5.11 Å². The van der Waals surface area contributed by atoms with E-state index >= 15 is 0 Å². The van der Waals surface area contributed by atoms with Gasteiger partial charge in [0, 0.05) is 43.0 Å². The summed E-state index contributed by atoms with van der Waals surface area (Å²) in [5.74, 6) is 0. The summed E-state index contributed by atoms with van der Waals surface area (Å²) in [5.41, 5.74) is 6.00. The lowest BCUT2D eigenvalue weighted by atomic mass is 10.0. The number of halogens is 2. The van der Waals surface area contributed by atoms with Crippen LogP contribution in [0.15, 0.2) is 103 Å². The Balaban J connectivity index is 1.39. The Hall–Kier alpha value is -3.57. The molecule has 0 aliphatic heterocycles. The average Bonchev–Trinajstić information content (AvgIpc) is 3.44. The SMILES string of the molecule is O[C@H](Cn1cnc(-c2ccccc2)c1-c1ccccc1)Cn1c2ccc(Cl)cc2c2cc(Cl)ccc21. The first-order valence-electron chi connectivity index (χ1n) is 11.8. The summed E-state index contributed by atoms with van der Waals surface area (Å²) >= 11 is 12.6. The molecule has 6 heteroatoms. The van der Waals surface area contributed by atoms with E-state index in [1.54, 1.807) is 0 Å². The van der Waals surface area contributed by atoms with Crippen molar-refractivity contribution in [2.45, 2.75) is 19.2 Å². The van der Waals surface area contributed by atoms with Crippen molar-refractivity contribution in [3.63, 3.8) is 0 Å². The summed E-state index contributed by atoms with van der Waals surface area (Å²) in [4.78, 5) is 4.75. The second-order valence-corrected chi connectivity index (χ2v) is 9.79. The molecule has 4 nitrogen and oxygen atoms in total. The molecule has 0 bridgehead atoms. The third-order valence-electron chi connectivity index (χ3n) is 6.52. The highest BCUT2D eigenvalue weighted by atomic mass is 35.5. The first kappa shape index (κ1) is 22.9. The number of hydrogen-bond donors (Lipinski definition) is 1. The van der Waals surface area contributed by atoms with Gasteiger partial charge in [0.15, 0.2) is 0 Å². The van der Waals surface area contributed by atoms with Gasteiger partial charge in [0.2, 0.25) is 0 Å². The van der Waals surface area contributed by atoms with Gasteiger partial charge in [-0.1, -0.05) is 83.9 Å². The Labute approximate surface area is 219 Å². The molecule has 0 radical (unpaired) electrons. The number of aliphatic hydroxyl groups is 1. The van der Waals surface area contributed by atoms with E-state index in [0.29, 0.717) is 23.1 Å². The molecule has 0 spiro atoms. The Morgan fingerprint density at radius 3 is 1.83 bits per heavy atom. The fraction of sp³-hybridized carbons (Fsp3) is 0.100. The van der Waals surface area contributed by atoms with Crippen molar-refractivity contribution in [3.8, 4) is 22.5 Å². The molecule has 6 rings (SSSR count). The maximum atomic E-state index is 11.3. The zero-order valence-electron chi connectivity index (χ0n) is 19.4. The molecule has 0 saturated heterocycles. The molecule has 0 unspecified atom stereocenters. The summed E-state index contributed by atoms with van der Waals surface area (Å²) in [7, 11) is 0. The number of benzene rings is 4. The Morgan fingerprint density at radius 1 is 0.694 bits per heavy atom. The van der Waals surface area contributed by atoms with Crippen LogP contribution in [0.4, 0.5) is 0 Å². The molecule has 0 saturated carbocycles. The molecule has 1 N–H and O–H groups in total. The number of imidazole rings is 1. The molecule has 36 heavy (non-hydrogen) atoms. The highest BCUT2D eigenvalue weighted by molar-refractivity contribution is 6.33. The lowest BCUT2D eigenvalue weighted by Crippen LogP contribution is -2.22. The zero-order valence-corrected chi connectivity index (χ0v) is 20.9. The molecule has 4 aromatic carbocycles. The lowest BCUT2D eigenvalue weighted by molar-refractivity contribution is 0.137. The van der Waals surface area contributed by atoms with Crippen molar-refractivity contribution in [1.29, 1.82) is 0 Å². The minimum atomic E-state index is -0.657. The topological polar surface area (TPSA) is 43.0 Å². The number of fused-ring (bicyclic) bond motifs is 3. The lowest BCUT2D eigenvalue weighted by Gasteiger charge is -2.17. The van der Waals surface area contributed by atoms with E-state index in [2.05, 4.69) is 28.8 Å². The van der Waals surface area contributed by atoms with Crippen LogP contribution < -0.4 is 0 Å². The molecular formula is C30H23Cl2N3O. The molecule has 178 valence electrons. The summed E-state index contributed by atoms with van der Waals surface area (Å²) in [6.07, 6.45) is 1.16. The number of aromatic nitrogens is 3. The van der Waals surface area contributed by atoms with Gasteiger partial charge in [-0.25, -0.2) is 4.98 Å². The standard InChI is InChI=1S/C30H23Cl2N3O/c31-22-11-13-27-25(15-22)26-16-23(32)12-14-28(26)35(27)18-24(36)17-34-19-33-29(20-7-3-1-4-8-20)30(34)21-9-5-2-6-10-21/h1-16,19,24,36H,17-18H2/t24-/m1/s1. The summed E-state index contributed by atoms with van der Waals surface area (Å²) in [6.45, 7) is 0.808. The summed E-state index contributed by atoms with van der Waals surface area (Å²) in [5, 5.41) is 14.7. The van der Waals surface area contributed by atoms with E-state index < -0.39 is 6.10 Å². The van der Waals surface area contributed by atoms with Gasteiger partial charge in [-0.2, -0.15) is 0 Å². The summed E-state index contributed by atoms with van der Waals surface area (Å²) < 4.78 is 4.18. The molecular weight excluding hydrogens is 489 g/mol. The fourth-order valence-electron chi connectivity index (χ4n) is 4.97. The molecule has 0 aliphatic carbocycles. The molecule has 0 amide bonds. The van der Waals surface area contributed by atoms with Crippen molar-refractivity contribution in [1.82, 2.24) is 14.1 Å². The fourth-order valence-corrected chi connectivity index (χ4v) is 5.31. The van der Waals surface area contributed by atoms with Crippen molar-refractivity contribution in [2.75, 3.05) is 0 Å². The van der Waals surface area contributed by atoms with E-state index in [1.165, 1.54) is 0 Å². The van der Waals surface area contributed by atoms with Gasteiger partial charge in [0.05, 0.1) is 36.9 Å². The van der Waals surface area contributed by atoms with Gasteiger partial charge in [-0.3, -0.25) is 0 Å².